The molecule has 0 aromatic rings. The fourth-order valence-electron chi connectivity index (χ4n) is 9.26. The minimum atomic E-state index is -1.54. The molecule has 2 bridgehead atoms. The number of nitrogens with two attached hydrogens (primary N) is 1. The van der Waals surface area contributed by atoms with Gasteiger partial charge in [0, 0.05) is 43.3 Å². The fourth-order valence-corrected chi connectivity index (χ4v) is 9.26. The molecule has 0 aliphatic carbocycles. The van der Waals surface area contributed by atoms with Crippen molar-refractivity contribution in [1.82, 2.24) is 30.7 Å². The van der Waals surface area contributed by atoms with Crippen molar-refractivity contribution < 1.29 is 18.4 Å². The number of carbonyl (C=O) groups is 2. The maximum absolute atomic E-state index is 17.2. The molecule has 12 heteroatoms. The highest BCUT2D eigenvalue weighted by Crippen LogP contribution is 2.35. The van der Waals surface area contributed by atoms with Gasteiger partial charge in [-0.15, -0.1) is 0 Å². The average Bonchev–Trinajstić information content (AvgIpc) is 3.11. The van der Waals surface area contributed by atoms with E-state index in [1.807, 2.05) is 6.92 Å². The number of aliphatic imine (C=N–C) groups is 1. The Morgan fingerprint density at radius 3 is 2.43 bits per heavy atom. The molecule has 0 aromatic carbocycles. The van der Waals surface area contributed by atoms with Crippen molar-refractivity contribution in [3.8, 4) is 0 Å². The largest absolute Gasteiger partial charge is 0.353 e. The lowest BCUT2D eigenvalue weighted by Crippen LogP contribution is -2.71. The zero-order chi connectivity index (χ0) is 35.1. The van der Waals surface area contributed by atoms with Crippen LogP contribution in [0.1, 0.15) is 97.8 Å². The minimum absolute atomic E-state index is 0.0838. The Morgan fingerprint density at radius 2 is 1.71 bits per heavy atom. The summed E-state index contributed by atoms with van der Waals surface area (Å²) in [5.41, 5.74) is 6.20. The highest BCUT2D eigenvalue weighted by Gasteiger charge is 2.51. The number of amides is 2. The Kier molecular flexibility index (Phi) is 13.9. The molecule has 4 fully saturated rings. The number of fused-ring (bicyclic) bond motifs is 10. The van der Waals surface area contributed by atoms with Gasteiger partial charge in [0.15, 0.2) is 0 Å². The molecule has 6 aliphatic rings. The van der Waals surface area contributed by atoms with Crippen molar-refractivity contribution in [3.63, 3.8) is 0 Å². The summed E-state index contributed by atoms with van der Waals surface area (Å²) in [6.07, 6.45) is 7.46. The molecular formula is C37H66F2N8O2. The molecule has 9 unspecified atom stereocenters. The van der Waals surface area contributed by atoms with E-state index >= 15 is 8.78 Å². The molecule has 6 aliphatic heterocycles. The van der Waals surface area contributed by atoms with E-state index in [1.165, 1.54) is 0 Å². The smallest absolute Gasteiger partial charge is 0.228 e. The first-order chi connectivity index (χ1) is 23.5. The third-order valence-corrected chi connectivity index (χ3v) is 12.5. The monoisotopic (exact) mass is 693 g/mol. The van der Waals surface area contributed by atoms with Crippen LogP contribution in [0.4, 0.5) is 8.78 Å². The van der Waals surface area contributed by atoms with Gasteiger partial charge in [0.2, 0.25) is 11.8 Å². The molecule has 2 amide bonds. The molecule has 0 saturated carbocycles. The van der Waals surface area contributed by atoms with E-state index < -0.39 is 36.0 Å². The molecule has 0 spiro atoms. The van der Waals surface area contributed by atoms with E-state index in [0.717, 1.165) is 63.7 Å². The van der Waals surface area contributed by atoms with Gasteiger partial charge in [-0.3, -0.25) is 24.4 Å². The highest BCUT2D eigenvalue weighted by molar-refractivity contribution is 5.87. The third-order valence-electron chi connectivity index (χ3n) is 12.5. The topological polar surface area (TPSA) is 118 Å². The van der Waals surface area contributed by atoms with Gasteiger partial charge < -0.3 is 26.6 Å². The fraction of sp³-hybridized carbons (Fsp3) is 0.919. The van der Waals surface area contributed by atoms with Crippen LogP contribution in [0, 0.1) is 17.8 Å². The lowest BCUT2D eigenvalue weighted by atomic mass is 9.79. The van der Waals surface area contributed by atoms with Gasteiger partial charge in [-0.25, -0.2) is 8.78 Å². The summed E-state index contributed by atoms with van der Waals surface area (Å²) in [4.78, 5) is 39.3. The number of unbranched alkanes of at least 4 members (excludes halogenated alkanes) is 1. The molecule has 6 rings (SSSR count). The number of hydrogen-bond acceptors (Lipinski definition) is 8. The lowest BCUT2D eigenvalue weighted by Gasteiger charge is -2.51. The first-order valence-electron chi connectivity index (χ1n) is 19.6. The lowest BCUT2D eigenvalue weighted by molar-refractivity contribution is -0.131. The Balaban J connectivity index is 1.33. The number of piperidine rings is 3. The number of halogens is 2. The predicted octanol–water partition coefficient (Wildman–Crippen LogP) is 3.25. The van der Waals surface area contributed by atoms with Crippen LogP contribution in [0.15, 0.2) is 4.99 Å². The predicted molar refractivity (Wildman–Crippen MR) is 192 cm³/mol. The minimum Gasteiger partial charge on any atom is -0.353 e. The third kappa shape index (κ3) is 9.78. The Morgan fingerprint density at radius 1 is 0.980 bits per heavy atom. The summed E-state index contributed by atoms with van der Waals surface area (Å²) in [5, 5.41) is 9.91. The van der Waals surface area contributed by atoms with Gasteiger partial charge in [0.1, 0.15) is 18.0 Å². The average molecular weight is 693 g/mol. The van der Waals surface area contributed by atoms with E-state index in [1.54, 1.807) is 0 Å². The van der Waals surface area contributed by atoms with Gasteiger partial charge >= 0.3 is 0 Å². The second kappa shape index (κ2) is 17.7. The van der Waals surface area contributed by atoms with Crippen LogP contribution in [-0.4, -0.2) is 134 Å². The van der Waals surface area contributed by atoms with Crippen molar-refractivity contribution in [1.29, 1.82) is 0 Å². The quantitative estimate of drug-likeness (QED) is 0.309. The van der Waals surface area contributed by atoms with Crippen LogP contribution in [0.25, 0.3) is 0 Å². The van der Waals surface area contributed by atoms with Gasteiger partial charge in [0.25, 0.3) is 0 Å². The number of carbonyl (C=O) groups excluding carboxylic acids is 2. The molecule has 9 atom stereocenters. The Hall–Kier alpha value is -1.73. The Bertz CT molecular complexity index is 1110. The molecule has 0 aromatic heterocycles. The summed E-state index contributed by atoms with van der Waals surface area (Å²) < 4.78 is 32.5. The summed E-state index contributed by atoms with van der Waals surface area (Å²) in [5.74, 6) is -0.709. The first-order valence-corrected chi connectivity index (χ1v) is 19.6. The van der Waals surface area contributed by atoms with Crippen LogP contribution < -0.4 is 21.7 Å². The highest BCUT2D eigenvalue weighted by atomic mass is 19.1. The van der Waals surface area contributed by atoms with E-state index in [-0.39, 0.29) is 48.8 Å². The molecule has 10 nitrogen and oxygen atoms in total. The summed E-state index contributed by atoms with van der Waals surface area (Å²) in [6, 6.07) is -1.11. The number of alkyl halides is 2. The molecular weight excluding hydrogens is 626 g/mol. The number of likely N-dealkylation sites (tertiary alicyclic amines) is 2. The van der Waals surface area contributed by atoms with Gasteiger partial charge in [-0.1, -0.05) is 33.1 Å². The summed E-state index contributed by atoms with van der Waals surface area (Å²) in [7, 11) is 2.12. The van der Waals surface area contributed by atoms with Crippen molar-refractivity contribution in [2.75, 3.05) is 59.4 Å². The molecule has 6 heterocycles. The molecule has 280 valence electrons. The van der Waals surface area contributed by atoms with Gasteiger partial charge in [-0.05, 0) is 110 Å². The molecule has 4 saturated heterocycles. The van der Waals surface area contributed by atoms with Crippen molar-refractivity contribution in [3.05, 3.63) is 0 Å². The van der Waals surface area contributed by atoms with E-state index in [2.05, 4.69) is 51.5 Å². The van der Waals surface area contributed by atoms with Crippen molar-refractivity contribution >= 4 is 17.5 Å². The number of nitrogens with zero attached hydrogens (tertiary/aromatic N) is 4. The van der Waals surface area contributed by atoms with Gasteiger partial charge in [-0.2, -0.15) is 0 Å². The van der Waals surface area contributed by atoms with Crippen LogP contribution in [0.2, 0.25) is 0 Å². The van der Waals surface area contributed by atoms with Crippen LogP contribution in [0.5, 0.6) is 0 Å². The van der Waals surface area contributed by atoms with Crippen LogP contribution in [0.3, 0.4) is 0 Å². The molecule has 5 N–H and O–H groups in total. The number of hydrogen-bond donors (Lipinski definition) is 4. The van der Waals surface area contributed by atoms with E-state index in [9.17, 15) is 9.59 Å². The summed E-state index contributed by atoms with van der Waals surface area (Å²) in [6.45, 7) is 11.1. The standard InChI is InChI=1S/C37H66F2N8O2/c1-5-6-16-37(39)24-41-22-31(33(37)46-20-12-27(13-21-46)35(48)42-29-14-18-45(4)19-15-29)44-36(49)32-26(3)47-17-8-7-9-25(2)30(43-34(32)40)11-10-28(38)23-47/h25-29,31-34,41H,5-24,40H2,1-4H3,(H,42,48)(H,44,49). The number of rotatable bonds is 8. The zero-order valence-corrected chi connectivity index (χ0v) is 30.8. The van der Waals surface area contributed by atoms with Gasteiger partial charge in [0.05, 0.1) is 18.0 Å². The Labute approximate surface area is 294 Å². The normalized spacial score (nSPS) is 38.1. The maximum Gasteiger partial charge on any atom is 0.228 e. The maximum atomic E-state index is 17.2. The van der Waals surface area contributed by atoms with Crippen LogP contribution in [-0.2, 0) is 9.59 Å². The second-order valence-corrected chi connectivity index (χ2v) is 16.1. The number of nitrogens with one attached hydrogen (secondary N) is 3. The van der Waals surface area contributed by atoms with E-state index in [0.29, 0.717) is 58.3 Å². The molecule has 49 heavy (non-hydrogen) atoms. The van der Waals surface area contributed by atoms with Crippen LogP contribution >= 0.6 is 0 Å². The van der Waals surface area contributed by atoms with Crippen molar-refractivity contribution in [2.45, 2.75) is 140 Å². The SMILES string of the molecule is CCCCC1(F)CNCC(NC(=O)C2C(N)N=C3CCC(F)CN(CCCCC3C)C2C)C1N1CCC(C(=O)NC2CCN(C)CC2)CC1. The molecule has 0 radical (unpaired) electrons. The first kappa shape index (κ1) is 38.5. The summed E-state index contributed by atoms with van der Waals surface area (Å²) >= 11 is 0. The van der Waals surface area contributed by atoms with E-state index in [4.69, 9.17) is 10.7 Å². The van der Waals surface area contributed by atoms with Crippen molar-refractivity contribution in [2.24, 2.45) is 28.5 Å². The zero-order valence-electron chi connectivity index (χ0n) is 30.8. The second-order valence-electron chi connectivity index (χ2n) is 16.1.